The van der Waals surface area contributed by atoms with E-state index in [4.69, 9.17) is 14.6 Å². The zero-order valence-electron chi connectivity index (χ0n) is 24.8. The van der Waals surface area contributed by atoms with Crippen LogP contribution in [0, 0.1) is 0 Å². The van der Waals surface area contributed by atoms with Crippen LogP contribution in [-0.4, -0.2) is 57.8 Å². The van der Waals surface area contributed by atoms with Crippen molar-refractivity contribution in [1.29, 1.82) is 0 Å². The third-order valence-corrected chi connectivity index (χ3v) is 7.89. The summed E-state index contributed by atoms with van der Waals surface area (Å²) in [6.07, 6.45) is -0.0225. The number of anilines is 1. The minimum atomic E-state index is -0.866. The SMILES string of the molecule is C[C@H]([C@@H](O)c1ccccc1)N(C)C[C@@H]1C[C@H](c2ccc(CO)cc2)O[C@H](c2cccc(NC(=O)CCCCC(=O)O)c2)O1. The molecule has 1 aliphatic rings. The maximum Gasteiger partial charge on any atom is 0.303 e. The van der Waals surface area contributed by atoms with Gasteiger partial charge < -0.3 is 30.1 Å². The van der Waals surface area contributed by atoms with Crippen LogP contribution >= 0.6 is 0 Å². The quantitative estimate of drug-likeness (QED) is 0.185. The van der Waals surface area contributed by atoms with Gasteiger partial charge in [0.2, 0.25) is 5.91 Å². The average Bonchev–Trinajstić information content (AvgIpc) is 3.02. The lowest BCUT2D eigenvalue weighted by atomic mass is 9.98. The summed E-state index contributed by atoms with van der Waals surface area (Å²) in [5.74, 6) is -1.05. The van der Waals surface area contributed by atoms with Crippen LogP contribution in [0.25, 0.3) is 0 Å². The zero-order chi connectivity index (χ0) is 30.8. The van der Waals surface area contributed by atoms with E-state index in [1.54, 1.807) is 6.07 Å². The van der Waals surface area contributed by atoms with Crippen molar-refractivity contribution in [1.82, 2.24) is 4.90 Å². The molecule has 1 amide bonds. The Morgan fingerprint density at radius 1 is 0.953 bits per heavy atom. The van der Waals surface area contributed by atoms with Crippen LogP contribution in [0.4, 0.5) is 5.69 Å². The number of aliphatic carboxylic acids is 1. The minimum absolute atomic E-state index is 0.0370. The second-order valence-electron chi connectivity index (χ2n) is 11.2. The van der Waals surface area contributed by atoms with Crippen molar-refractivity contribution < 1.29 is 34.4 Å². The molecule has 9 heteroatoms. The van der Waals surface area contributed by atoms with Crippen LogP contribution in [0.3, 0.4) is 0 Å². The van der Waals surface area contributed by atoms with Crippen molar-refractivity contribution in [3.8, 4) is 0 Å². The van der Waals surface area contributed by atoms with Gasteiger partial charge in [0.05, 0.1) is 24.9 Å². The predicted molar refractivity (Wildman–Crippen MR) is 163 cm³/mol. The second kappa shape index (κ2) is 15.7. The number of rotatable bonds is 14. The number of unbranched alkanes of at least 4 members (excludes halogenated alkanes) is 1. The lowest BCUT2D eigenvalue weighted by molar-refractivity contribution is -0.253. The van der Waals surface area contributed by atoms with E-state index in [1.165, 1.54) is 0 Å². The Labute approximate surface area is 253 Å². The average molecular weight is 591 g/mol. The molecule has 0 spiro atoms. The molecule has 0 bridgehead atoms. The third kappa shape index (κ3) is 9.44. The van der Waals surface area contributed by atoms with Crippen LogP contribution in [0.1, 0.15) is 79.8 Å². The summed E-state index contributed by atoms with van der Waals surface area (Å²) < 4.78 is 12.9. The molecule has 3 aromatic rings. The molecule has 4 N–H and O–H groups in total. The largest absolute Gasteiger partial charge is 0.481 e. The van der Waals surface area contributed by atoms with Crippen LogP contribution < -0.4 is 5.32 Å². The fraction of sp³-hybridized carbons (Fsp3) is 0.412. The molecule has 0 aliphatic carbocycles. The molecule has 1 fully saturated rings. The Morgan fingerprint density at radius 2 is 1.67 bits per heavy atom. The van der Waals surface area contributed by atoms with Gasteiger partial charge in [-0.3, -0.25) is 14.5 Å². The van der Waals surface area contributed by atoms with Crippen LogP contribution in [-0.2, 0) is 25.7 Å². The molecule has 0 aromatic heterocycles. The first kappa shape index (κ1) is 32.3. The molecule has 1 heterocycles. The Kier molecular flexibility index (Phi) is 11.8. The Hall–Kier alpha value is -3.60. The van der Waals surface area contributed by atoms with Crippen LogP contribution in [0.2, 0.25) is 0 Å². The minimum Gasteiger partial charge on any atom is -0.481 e. The standard InChI is InChI=1S/C34H42N2O7/c1-23(33(41)26-9-4-3-5-10-26)36(2)21-29-20-30(25-17-15-24(22-37)16-18-25)43-34(42-29)27-11-8-12-28(19-27)35-31(38)13-6-7-14-32(39)40/h3-5,8-12,15-19,23,29-30,33-34,37,41H,6-7,13-14,20-22H2,1-2H3,(H,35,38)(H,39,40)/t23-,29+,30-,33-,34-/m1/s1. The maximum atomic E-state index is 12.5. The van der Waals surface area contributed by atoms with E-state index < -0.39 is 18.4 Å². The topological polar surface area (TPSA) is 129 Å². The van der Waals surface area contributed by atoms with Crippen molar-refractivity contribution in [3.63, 3.8) is 0 Å². The molecule has 1 saturated heterocycles. The predicted octanol–water partition coefficient (Wildman–Crippen LogP) is 5.36. The molecule has 4 rings (SSSR count). The van der Waals surface area contributed by atoms with Crippen LogP contribution in [0.5, 0.6) is 0 Å². The lowest BCUT2D eigenvalue weighted by Crippen LogP contribution is -2.43. The zero-order valence-corrected chi connectivity index (χ0v) is 24.8. The van der Waals surface area contributed by atoms with Gasteiger partial charge in [0, 0.05) is 43.1 Å². The van der Waals surface area contributed by atoms with Crippen molar-refractivity contribution in [3.05, 3.63) is 101 Å². The van der Waals surface area contributed by atoms with Crippen molar-refractivity contribution in [2.75, 3.05) is 18.9 Å². The van der Waals surface area contributed by atoms with Crippen LogP contribution in [0.15, 0.2) is 78.9 Å². The molecule has 1 aliphatic heterocycles. The molecule has 0 saturated carbocycles. The number of amides is 1. The molecule has 0 unspecified atom stereocenters. The van der Waals surface area contributed by atoms with Gasteiger partial charge in [0.1, 0.15) is 0 Å². The summed E-state index contributed by atoms with van der Waals surface area (Å²) in [4.78, 5) is 25.3. The maximum absolute atomic E-state index is 12.5. The Bertz CT molecular complexity index is 1320. The monoisotopic (exact) mass is 590 g/mol. The van der Waals surface area contributed by atoms with Gasteiger partial charge in [0.15, 0.2) is 6.29 Å². The first-order valence-corrected chi connectivity index (χ1v) is 14.8. The van der Waals surface area contributed by atoms with Crippen molar-refractivity contribution >= 4 is 17.6 Å². The van der Waals surface area contributed by atoms with E-state index in [2.05, 4.69) is 10.2 Å². The van der Waals surface area contributed by atoms with E-state index in [0.717, 1.165) is 22.3 Å². The van der Waals surface area contributed by atoms with E-state index in [1.807, 2.05) is 86.8 Å². The number of benzene rings is 3. The highest BCUT2D eigenvalue weighted by atomic mass is 16.7. The second-order valence-corrected chi connectivity index (χ2v) is 11.2. The number of carbonyl (C=O) groups is 2. The van der Waals surface area contributed by atoms with Gasteiger partial charge in [-0.15, -0.1) is 0 Å². The Morgan fingerprint density at radius 3 is 2.37 bits per heavy atom. The number of hydrogen-bond acceptors (Lipinski definition) is 7. The molecule has 0 radical (unpaired) electrons. The first-order chi connectivity index (χ1) is 20.7. The number of ether oxygens (including phenoxy) is 2. The summed E-state index contributed by atoms with van der Waals surface area (Å²) in [6.45, 7) is 2.51. The number of nitrogens with one attached hydrogen (secondary N) is 1. The van der Waals surface area contributed by atoms with E-state index in [9.17, 15) is 19.8 Å². The lowest BCUT2D eigenvalue weighted by Gasteiger charge is -2.39. The van der Waals surface area contributed by atoms with Gasteiger partial charge in [-0.2, -0.15) is 0 Å². The van der Waals surface area contributed by atoms with Gasteiger partial charge >= 0.3 is 5.97 Å². The van der Waals surface area contributed by atoms with Gasteiger partial charge in [-0.25, -0.2) is 0 Å². The fourth-order valence-electron chi connectivity index (χ4n) is 5.24. The summed E-state index contributed by atoms with van der Waals surface area (Å²) in [7, 11) is 1.97. The number of hydrogen-bond donors (Lipinski definition) is 4. The number of carboxylic acid groups (broad SMARTS) is 1. The number of aliphatic hydroxyl groups is 2. The van der Waals surface area contributed by atoms with E-state index in [0.29, 0.717) is 31.5 Å². The van der Waals surface area contributed by atoms with Gasteiger partial charge in [0.25, 0.3) is 0 Å². The summed E-state index contributed by atoms with van der Waals surface area (Å²) in [5.41, 5.74) is 4.01. The van der Waals surface area contributed by atoms with Gasteiger partial charge in [-0.1, -0.05) is 66.7 Å². The number of carbonyl (C=O) groups excluding carboxylic acids is 1. The number of aliphatic hydroxyl groups excluding tert-OH is 2. The highest BCUT2D eigenvalue weighted by Gasteiger charge is 2.34. The smallest absolute Gasteiger partial charge is 0.303 e. The molecule has 230 valence electrons. The molecule has 5 atom stereocenters. The molecular weight excluding hydrogens is 548 g/mol. The summed E-state index contributed by atoms with van der Waals surface area (Å²) >= 11 is 0. The molecule has 3 aromatic carbocycles. The normalized spacial score (nSPS) is 20.0. The van der Waals surface area contributed by atoms with Gasteiger partial charge in [-0.05, 0) is 55.6 Å². The van der Waals surface area contributed by atoms with Crippen molar-refractivity contribution in [2.24, 2.45) is 0 Å². The fourth-order valence-corrected chi connectivity index (χ4v) is 5.24. The first-order valence-electron chi connectivity index (χ1n) is 14.8. The van der Waals surface area contributed by atoms with Crippen molar-refractivity contribution in [2.45, 2.75) is 76.3 Å². The Balaban J connectivity index is 1.48. The number of carboxylic acids is 1. The highest BCUT2D eigenvalue weighted by molar-refractivity contribution is 5.90. The third-order valence-electron chi connectivity index (χ3n) is 7.89. The summed E-state index contributed by atoms with van der Waals surface area (Å²) in [5, 5.41) is 32.2. The molecule has 43 heavy (non-hydrogen) atoms. The highest BCUT2D eigenvalue weighted by Crippen LogP contribution is 2.39. The molecular formula is C34H42N2O7. The summed E-state index contributed by atoms with van der Waals surface area (Å²) in [6, 6.07) is 24.5. The number of nitrogens with zero attached hydrogens (tertiary/aromatic N) is 1. The van der Waals surface area contributed by atoms with E-state index >= 15 is 0 Å². The van der Waals surface area contributed by atoms with E-state index in [-0.39, 0.29) is 43.6 Å². The molecule has 9 nitrogen and oxygen atoms in total. The number of likely N-dealkylation sites (N-methyl/N-ethyl adjacent to an activating group) is 1.